The second kappa shape index (κ2) is 8.59. The highest BCUT2D eigenvalue weighted by atomic mass is 16.5. The van der Waals surface area contributed by atoms with Crippen LogP contribution in [0.3, 0.4) is 0 Å². The molecule has 1 aliphatic heterocycles. The van der Waals surface area contributed by atoms with Crippen LogP contribution < -0.4 is 9.64 Å². The number of hydrogen-bond acceptors (Lipinski definition) is 4. The van der Waals surface area contributed by atoms with Gasteiger partial charge in [-0.15, -0.1) is 0 Å². The highest BCUT2D eigenvalue weighted by Gasteiger charge is 2.18. The van der Waals surface area contributed by atoms with Crippen molar-refractivity contribution in [1.29, 1.82) is 5.26 Å². The van der Waals surface area contributed by atoms with Gasteiger partial charge >= 0.3 is 0 Å². The minimum atomic E-state index is 0.549. The molecule has 3 rings (SSSR count). The van der Waals surface area contributed by atoms with Gasteiger partial charge in [0.1, 0.15) is 24.2 Å². The van der Waals surface area contributed by atoms with Crippen LogP contribution >= 0.6 is 0 Å². The Hall–Kier alpha value is -2.45. The minimum absolute atomic E-state index is 0.549. The largest absolute Gasteiger partial charge is 0.491 e. The molecule has 2 heterocycles. The SMILES string of the molecule is CCOCCOc1ccc(-c2cc(C#N)c(N3CCCCC3)[nH]2)cc1. The van der Waals surface area contributed by atoms with E-state index in [-0.39, 0.29) is 0 Å². The Morgan fingerprint density at radius 2 is 1.88 bits per heavy atom. The Kier molecular flexibility index (Phi) is 5.97. The molecule has 25 heavy (non-hydrogen) atoms. The lowest BCUT2D eigenvalue weighted by Gasteiger charge is -2.27. The maximum atomic E-state index is 9.47. The summed E-state index contributed by atoms with van der Waals surface area (Å²) in [6.07, 6.45) is 3.65. The second-order valence-electron chi connectivity index (χ2n) is 6.17. The summed E-state index contributed by atoms with van der Waals surface area (Å²) in [7, 11) is 0. The van der Waals surface area contributed by atoms with Gasteiger partial charge in [-0.3, -0.25) is 0 Å². The standard InChI is InChI=1S/C20H25N3O2/c1-2-24-12-13-25-18-8-6-16(7-9-18)19-14-17(15-21)20(22-19)23-10-4-3-5-11-23/h6-9,14,22H,2-5,10-13H2,1H3. The Bertz CT molecular complexity index is 710. The van der Waals surface area contributed by atoms with E-state index in [1.807, 2.05) is 37.3 Å². The molecule has 2 aromatic rings. The molecule has 0 unspecified atom stereocenters. The monoisotopic (exact) mass is 339 g/mol. The number of piperidine rings is 1. The summed E-state index contributed by atoms with van der Waals surface area (Å²) < 4.78 is 10.9. The molecule has 0 aliphatic carbocycles. The zero-order chi connectivity index (χ0) is 17.5. The smallest absolute Gasteiger partial charge is 0.124 e. The lowest BCUT2D eigenvalue weighted by atomic mass is 10.1. The van der Waals surface area contributed by atoms with Crippen LogP contribution in [-0.4, -0.2) is 37.9 Å². The molecule has 0 radical (unpaired) electrons. The van der Waals surface area contributed by atoms with Crippen molar-refractivity contribution in [2.24, 2.45) is 0 Å². The summed E-state index contributed by atoms with van der Waals surface area (Å²) in [5.41, 5.74) is 2.74. The summed E-state index contributed by atoms with van der Waals surface area (Å²) in [6, 6.07) is 12.2. The first-order valence-corrected chi connectivity index (χ1v) is 9.01. The van der Waals surface area contributed by atoms with E-state index in [0.717, 1.165) is 35.9 Å². The number of nitriles is 1. The first kappa shape index (κ1) is 17.4. The number of aromatic nitrogens is 1. The van der Waals surface area contributed by atoms with Gasteiger partial charge in [-0.2, -0.15) is 5.26 Å². The zero-order valence-electron chi connectivity index (χ0n) is 14.8. The number of rotatable bonds is 7. The lowest BCUT2D eigenvalue weighted by Crippen LogP contribution is -2.30. The number of ether oxygens (including phenoxy) is 2. The van der Waals surface area contributed by atoms with E-state index in [0.29, 0.717) is 25.4 Å². The zero-order valence-corrected chi connectivity index (χ0v) is 14.8. The Labute approximate surface area is 149 Å². The maximum absolute atomic E-state index is 9.47. The van der Waals surface area contributed by atoms with Crippen molar-refractivity contribution in [3.63, 3.8) is 0 Å². The number of nitrogens with one attached hydrogen (secondary N) is 1. The van der Waals surface area contributed by atoms with Gasteiger partial charge in [0.2, 0.25) is 0 Å². The fraction of sp³-hybridized carbons (Fsp3) is 0.450. The molecule has 1 aromatic carbocycles. The normalized spacial score (nSPS) is 14.3. The van der Waals surface area contributed by atoms with E-state index < -0.39 is 0 Å². The van der Waals surface area contributed by atoms with Crippen LogP contribution in [0.5, 0.6) is 5.75 Å². The summed E-state index contributed by atoms with van der Waals surface area (Å²) in [5.74, 6) is 1.78. The van der Waals surface area contributed by atoms with Gasteiger partial charge in [0.15, 0.2) is 0 Å². The molecule has 0 atom stereocenters. The van der Waals surface area contributed by atoms with Crippen molar-refractivity contribution in [2.75, 3.05) is 37.8 Å². The summed E-state index contributed by atoms with van der Waals surface area (Å²) in [5, 5.41) is 9.47. The number of H-pyrrole nitrogens is 1. The van der Waals surface area contributed by atoms with Crippen LogP contribution in [0.4, 0.5) is 5.82 Å². The summed E-state index contributed by atoms with van der Waals surface area (Å²) in [4.78, 5) is 5.73. The highest BCUT2D eigenvalue weighted by Crippen LogP contribution is 2.29. The molecule has 1 fully saturated rings. The number of aromatic amines is 1. The van der Waals surface area contributed by atoms with E-state index in [1.54, 1.807) is 0 Å². The van der Waals surface area contributed by atoms with Crippen molar-refractivity contribution in [3.8, 4) is 23.1 Å². The number of hydrogen-bond donors (Lipinski definition) is 1. The predicted octanol–water partition coefficient (Wildman–Crippen LogP) is 3.96. The third-order valence-corrected chi connectivity index (χ3v) is 4.46. The molecule has 0 spiro atoms. The molecule has 1 saturated heterocycles. The maximum Gasteiger partial charge on any atom is 0.124 e. The van der Waals surface area contributed by atoms with Gasteiger partial charge in [-0.1, -0.05) is 0 Å². The summed E-state index contributed by atoms with van der Waals surface area (Å²) in [6.45, 7) is 5.85. The van der Waals surface area contributed by atoms with Crippen LogP contribution in [0.2, 0.25) is 0 Å². The van der Waals surface area contributed by atoms with Crippen LogP contribution in [-0.2, 0) is 4.74 Å². The van der Waals surface area contributed by atoms with Crippen molar-refractivity contribution in [2.45, 2.75) is 26.2 Å². The molecule has 5 heteroatoms. The highest BCUT2D eigenvalue weighted by molar-refractivity contribution is 5.69. The van der Waals surface area contributed by atoms with Gasteiger partial charge in [-0.25, -0.2) is 0 Å². The van der Waals surface area contributed by atoms with Crippen LogP contribution in [0.1, 0.15) is 31.7 Å². The first-order chi connectivity index (χ1) is 12.3. The molecule has 132 valence electrons. The van der Waals surface area contributed by atoms with Gasteiger partial charge in [0, 0.05) is 25.4 Å². The number of anilines is 1. The van der Waals surface area contributed by atoms with Crippen LogP contribution in [0.25, 0.3) is 11.3 Å². The van der Waals surface area contributed by atoms with Crippen LogP contribution in [0, 0.1) is 11.3 Å². The fourth-order valence-corrected chi connectivity index (χ4v) is 3.14. The Morgan fingerprint density at radius 3 is 2.56 bits per heavy atom. The van der Waals surface area contributed by atoms with E-state index in [9.17, 15) is 5.26 Å². The van der Waals surface area contributed by atoms with E-state index in [2.05, 4.69) is 16.0 Å². The van der Waals surface area contributed by atoms with E-state index in [1.165, 1.54) is 19.3 Å². The van der Waals surface area contributed by atoms with Crippen molar-refractivity contribution in [1.82, 2.24) is 4.98 Å². The molecule has 0 amide bonds. The third-order valence-electron chi connectivity index (χ3n) is 4.46. The average Bonchev–Trinajstić information content (AvgIpc) is 3.11. The predicted molar refractivity (Wildman–Crippen MR) is 99.0 cm³/mol. The van der Waals surface area contributed by atoms with Gasteiger partial charge in [0.05, 0.1) is 12.2 Å². The lowest BCUT2D eigenvalue weighted by molar-refractivity contribution is 0.110. The topological polar surface area (TPSA) is 61.3 Å². The molecule has 1 aliphatic rings. The van der Waals surface area contributed by atoms with Crippen molar-refractivity contribution < 1.29 is 9.47 Å². The van der Waals surface area contributed by atoms with Gasteiger partial charge in [-0.05, 0) is 62.1 Å². The summed E-state index contributed by atoms with van der Waals surface area (Å²) >= 11 is 0. The van der Waals surface area contributed by atoms with Crippen molar-refractivity contribution >= 4 is 5.82 Å². The molecule has 0 saturated carbocycles. The molecule has 1 aromatic heterocycles. The van der Waals surface area contributed by atoms with E-state index in [4.69, 9.17) is 9.47 Å². The molecule has 0 bridgehead atoms. The fourth-order valence-electron chi connectivity index (χ4n) is 3.14. The Balaban J connectivity index is 1.71. The quantitative estimate of drug-likeness (QED) is 0.776. The second-order valence-corrected chi connectivity index (χ2v) is 6.17. The number of nitrogens with zero attached hydrogens (tertiary/aromatic N) is 2. The van der Waals surface area contributed by atoms with Crippen molar-refractivity contribution in [3.05, 3.63) is 35.9 Å². The molecular weight excluding hydrogens is 314 g/mol. The third kappa shape index (κ3) is 4.34. The first-order valence-electron chi connectivity index (χ1n) is 9.01. The van der Waals surface area contributed by atoms with Gasteiger partial charge in [0.25, 0.3) is 0 Å². The minimum Gasteiger partial charge on any atom is -0.491 e. The molecule has 5 nitrogen and oxygen atoms in total. The molecular formula is C20H25N3O2. The van der Waals surface area contributed by atoms with Crippen LogP contribution in [0.15, 0.2) is 30.3 Å². The average molecular weight is 339 g/mol. The number of benzene rings is 1. The van der Waals surface area contributed by atoms with Gasteiger partial charge < -0.3 is 19.4 Å². The Morgan fingerprint density at radius 1 is 1.12 bits per heavy atom. The molecule has 1 N–H and O–H groups in total. The van der Waals surface area contributed by atoms with E-state index >= 15 is 0 Å².